The topological polar surface area (TPSA) is 70.8 Å². The molecular weight excluding hydrogens is 270 g/mol. The number of carbonyl (C=O) groups excluding carboxylic acids is 1. The second kappa shape index (κ2) is 5.09. The average molecular weight is 285 g/mol. The molecule has 5 nitrogen and oxygen atoms in total. The minimum Gasteiger partial charge on any atom is -0.478 e. The van der Waals surface area contributed by atoms with Gasteiger partial charge in [-0.1, -0.05) is 18.2 Å². The first-order chi connectivity index (χ1) is 10.1. The van der Waals surface area contributed by atoms with E-state index in [1.165, 1.54) is 6.07 Å². The van der Waals surface area contributed by atoms with E-state index in [1.807, 2.05) is 24.3 Å². The van der Waals surface area contributed by atoms with Gasteiger partial charge in [0.25, 0.3) is 5.91 Å². The van der Waals surface area contributed by atoms with Crippen molar-refractivity contribution in [3.8, 4) is 0 Å². The monoisotopic (exact) mass is 285 g/mol. The summed E-state index contributed by atoms with van der Waals surface area (Å²) < 4.78 is 5.44. The molecule has 21 heavy (non-hydrogen) atoms. The van der Waals surface area contributed by atoms with Crippen LogP contribution in [0.2, 0.25) is 0 Å². The highest BCUT2D eigenvalue weighted by atomic mass is 16.4. The molecule has 0 atom stereocenters. The molecule has 1 aromatic carbocycles. The van der Waals surface area contributed by atoms with Crippen LogP contribution in [0.4, 0.5) is 0 Å². The van der Waals surface area contributed by atoms with Crippen LogP contribution in [0, 0.1) is 6.92 Å². The minimum atomic E-state index is -1.02. The van der Waals surface area contributed by atoms with E-state index in [4.69, 9.17) is 9.52 Å². The van der Waals surface area contributed by atoms with Gasteiger partial charge in [0.05, 0.1) is 6.54 Å². The lowest BCUT2D eigenvalue weighted by Gasteiger charge is -2.27. The van der Waals surface area contributed by atoms with Crippen molar-refractivity contribution in [2.45, 2.75) is 19.9 Å². The zero-order valence-corrected chi connectivity index (χ0v) is 11.6. The Morgan fingerprint density at radius 1 is 1.38 bits per heavy atom. The molecule has 5 heteroatoms. The molecule has 2 heterocycles. The first kappa shape index (κ1) is 13.4. The third-order valence-corrected chi connectivity index (χ3v) is 3.73. The molecular formula is C16H15NO4. The van der Waals surface area contributed by atoms with Crippen molar-refractivity contribution in [1.82, 2.24) is 4.90 Å². The second-order valence-corrected chi connectivity index (χ2v) is 5.12. The summed E-state index contributed by atoms with van der Waals surface area (Å²) in [6.45, 7) is 2.51. The number of furan rings is 1. The summed E-state index contributed by atoms with van der Waals surface area (Å²) in [7, 11) is 0. The number of aryl methyl sites for hydroxylation is 1. The third kappa shape index (κ3) is 2.42. The Balaban J connectivity index is 1.82. The number of benzene rings is 1. The molecule has 0 bridgehead atoms. The summed E-state index contributed by atoms with van der Waals surface area (Å²) in [6, 6.07) is 9.05. The van der Waals surface area contributed by atoms with Gasteiger partial charge in [-0.05, 0) is 31.0 Å². The fourth-order valence-corrected chi connectivity index (χ4v) is 2.65. The van der Waals surface area contributed by atoms with E-state index < -0.39 is 5.97 Å². The van der Waals surface area contributed by atoms with Gasteiger partial charge in [0.2, 0.25) is 0 Å². The first-order valence-corrected chi connectivity index (χ1v) is 6.76. The summed E-state index contributed by atoms with van der Waals surface area (Å²) in [6.07, 6.45) is 0.799. The molecule has 0 saturated heterocycles. The highest BCUT2D eigenvalue weighted by molar-refractivity contribution is 5.96. The van der Waals surface area contributed by atoms with Gasteiger partial charge >= 0.3 is 5.97 Å². The smallest absolute Gasteiger partial charge is 0.339 e. The van der Waals surface area contributed by atoms with E-state index in [1.54, 1.807) is 11.8 Å². The molecule has 1 aliphatic rings. The van der Waals surface area contributed by atoms with Crippen LogP contribution in [0.3, 0.4) is 0 Å². The second-order valence-electron chi connectivity index (χ2n) is 5.12. The summed E-state index contributed by atoms with van der Waals surface area (Å²) in [5.41, 5.74) is 1.92. The number of hydrogen-bond donors (Lipinski definition) is 1. The quantitative estimate of drug-likeness (QED) is 0.940. The molecule has 1 aromatic heterocycles. The van der Waals surface area contributed by atoms with E-state index in [9.17, 15) is 9.59 Å². The van der Waals surface area contributed by atoms with Crippen molar-refractivity contribution < 1.29 is 19.1 Å². The van der Waals surface area contributed by atoms with Gasteiger partial charge in [-0.3, -0.25) is 4.79 Å². The Morgan fingerprint density at radius 2 is 2.14 bits per heavy atom. The standard InChI is InChI=1S/C16H15NO4/c1-10-14(16(19)20)8-12(21-10)9-17-7-6-11-4-2-3-5-13(11)15(17)18/h2-5,8H,6-7,9H2,1H3,(H,19,20). The molecule has 3 rings (SSSR count). The summed E-state index contributed by atoms with van der Waals surface area (Å²) in [4.78, 5) is 25.1. The van der Waals surface area contributed by atoms with E-state index in [0.29, 0.717) is 30.2 Å². The Labute approximate surface area is 121 Å². The Kier molecular flexibility index (Phi) is 3.25. The number of carboxylic acids is 1. The lowest BCUT2D eigenvalue weighted by molar-refractivity contribution is 0.0691. The SMILES string of the molecule is Cc1oc(CN2CCc3ccccc3C2=O)cc1C(=O)O. The normalized spacial score (nSPS) is 14.1. The van der Waals surface area contributed by atoms with Gasteiger partial charge in [-0.25, -0.2) is 4.79 Å². The van der Waals surface area contributed by atoms with Crippen LogP contribution in [0.1, 0.15) is 37.8 Å². The summed E-state index contributed by atoms with van der Waals surface area (Å²) in [5.74, 6) is -0.194. The number of carbonyl (C=O) groups is 2. The molecule has 108 valence electrons. The summed E-state index contributed by atoms with van der Waals surface area (Å²) >= 11 is 0. The van der Waals surface area contributed by atoms with Gasteiger partial charge in [-0.15, -0.1) is 0 Å². The minimum absolute atomic E-state index is 0.0391. The van der Waals surface area contributed by atoms with Crippen molar-refractivity contribution in [3.63, 3.8) is 0 Å². The van der Waals surface area contributed by atoms with Gasteiger partial charge in [0, 0.05) is 12.1 Å². The Hall–Kier alpha value is -2.56. The first-order valence-electron chi connectivity index (χ1n) is 6.76. The molecule has 0 radical (unpaired) electrons. The number of nitrogens with zero attached hydrogens (tertiary/aromatic N) is 1. The number of fused-ring (bicyclic) bond motifs is 1. The van der Waals surface area contributed by atoms with Crippen LogP contribution in [-0.2, 0) is 13.0 Å². The molecule has 0 aliphatic carbocycles. The number of rotatable bonds is 3. The predicted molar refractivity (Wildman–Crippen MR) is 75.3 cm³/mol. The summed E-state index contributed by atoms with van der Waals surface area (Å²) in [5, 5.41) is 9.03. The van der Waals surface area contributed by atoms with Gasteiger partial charge < -0.3 is 14.4 Å². The van der Waals surface area contributed by atoms with Crippen molar-refractivity contribution in [2.24, 2.45) is 0 Å². The molecule has 1 N–H and O–H groups in total. The van der Waals surface area contributed by atoms with Crippen LogP contribution < -0.4 is 0 Å². The number of amides is 1. The van der Waals surface area contributed by atoms with E-state index in [-0.39, 0.29) is 11.5 Å². The van der Waals surface area contributed by atoms with Crippen molar-refractivity contribution in [2.75, 3.05) is 6.54 Å². The number of hydrogen-bond acceptors (Lipinski definition) is 3. The molecule has 0 fully saturated rings. The van der Waals surface area contributed by atoms with E-state index in [2.05, 4.69) is 0 Å². The van der Waals surface area contributed by atoms with Crippen LogP contribution in [0.15, 0.2) is 34.7 Å². The van der Waals surface area contributed by atoms with Gasteiger partial charge in [0.1, 0.15) is 17.1 Å². The fraction of sp³-hybridized carbons (Fsp3) is 0.250. The maximum absolute atomic E-state index is 12.4. The number of carboxylic acid groups (broad SMARTS) is 1. The lowest BCUT2D eigenvalue weighted by Crippen LogP contribution is -2.36. The largest absolute Gasteiger partial charge is 0.478 e. The zero-order chi connectivity index (χ0) is 15.0. The molecule has 1 amide bonds. The predicted octanol–water partition coefficient (Wildman–Crippen LogP) is 2.48. The fourth-order valence-electron chi connectivity index (χ4n) is 2.65. The van der Waals surface area contributed by atoms with Gasteiger partial charge in [0.15, 0.2) is 0 Å². The maximum Gasteiger partial charge on any atom is 0.339 e. The Morgan fingerprint density at radius 3 is 2.86 bits per heavy atom. The maximum atomic E-state index is 12.4. The van der Waals surface area contributed by atoms with Crippen molar-refractivity contribution >= 4 is 11.9 Å². The zero-order valence-electron chi connectivity index (χ0n) is 11.6. The van der Waals surface area contributed by atoms with E-state index >= 15 is 0 Å². The van der Waals surface area contributed by atoms with Crippen LogP contribution in [0.25, 0.3) is 0 Å². The molecule has 2 aromatic rings. The van der Waals surface area contributed by atoms with Crippen LogP contribution >= 0.6 is 0 Å². The van der Waals surface area contributed by atoms with Crippen molar-refractivity contribution in [3.05, 3.63) is 58.5 Å². The van der Waals surface area contributed by atoms with Crippen molar-refractivity contribution in [1.29, 1.82) is 0 Å². The third-order valence-electron chi connectivity index (χ3n) is 3.73. The van der Waals surface area contributed by atoms with Gasteiger partial charge in [-0.2, -0.15) is 0 Å². The van der Waals surface area contributed by atoms with Crippen LogP contribution in [0.5, 0.6) is 0 Å². The van der Waals surface area contributed by atoms with Crippen LogP contribution in [-0.4, -0.2) is 28.4 Å². The van der Waals surface area contributed by atoms with E-state index in [0.717, 1.165) is 12.0 Å². The molecule has 0 unspecified atom stereocenters. The lowest BCUT2D eigenvalue weighted by atomic mass is 9.99. The number of aromatic carboxylic acids is 1. The highest BCUT2D eigenvalue weighted by Crippen LogP contribution is 2.22. The Bertz CT molecular complexity index is 717. The average Bonchev–Trinajstić information content (AvgIpc) is 2.83. The molecule has 0 saturated carbocycles. The molecule has 0 spiro atoms. The molecule has 1 aliphatic heterocycles. The highest BCUT2D eigenvalue weighted by Gasteiger charge is 2.25.